The molecule has 0 heterocycles. The van der Waals surface area contributed by atoms with Crippen molar-refractivity contribution in [3.05, 3.63) is 53.1 Å². The number of ether oxygens (including phenoxy) is 1. The topological polar surface area (TPSA) is 73.6 Å². The second kappa shape index (κ2) is 8.65. The first-order valence-electron chi connectivity index (χ1n) is 8.43. The Hall–Kier alpha value is -3.21. The predicted molar refractivity (Wildman–Crippen MR) is 96.9 cm³/mol. The van der Waals surface area contributed by atoms with E-state index in [0.717, 1.165) is 17.0 Å². The van der Waals surface area contributed by atoms with Crippen molar-refractivity contribution in [1.29, 1.82) is 5.26 Å². The Bertz CT molecular complexity index is 905. The van der Waals surface area contributed by atoms with Crippen LogP contribution in [0.1, 0.15) is 23.6 Å². The Morgan fingerprint density at radius 3 is 2.46 bits per heavy atom. The van der Waals surface area contributed by atoms with E-state index in [1.165, 1.54) is 13.2 Å². The molecule has 5 nitrogen and oxygen atoms in total. The maximum absolute atomic E-state index is 13.2. The van der Waals surface area contributed by atoms with E-state index in [-0.39, 0.29) is 25.1 Å². The minimum atomic E-state index is -4.56. The third kappa shape index (κ3) is 4.74. The van der Waals surface area contributed by atoms with Crippen molar-refractivity contribution in [2.45, 2.75) is 26.1 Å². The number of hydrogen-bond donors (Lipinski definition) is 1. The zero-order valence-corrected chi connectivity index (χ0v) is 15.4. The molecule has 148 valence electrons. The minimum absolute atomic E-state index is 0.122. The second-order valence-electron chi connectivity index (χ2n) is 6.04. The monoisotopic (exact) mass is 392 g/mol. The number of methoxy groups -OCH3 is 1. The van der Waals surface area contributed by atoms with Gasteiger partial charge in [0.2, 0.25) is 0 Å². The molecule has 0 saturated heterocycles. The summed E-state index contributed by atoms with van der Waals surface area (Å²) in [5, 5.41) is 18.2. The molecule has 8 heteroatoms. The van der Waals surface area contributed by atoms with Gasteiger partial charge in [-0.05, 0) is 47.9 Å². The summed E-state index contributed by atoms with van der Waals surface area (Å²) in [6, 6.07) is 10.2. The lowest BCUT2D eigenvalue weighted by Crippen LogP contribution is -2.28. The molecule has 0 bridgehead atoms. The second-order valence-corrected chi connectivity index (χ2v) is 6.04. The van der Waals surface area contributed by atoms with Crippen LogP contribution in [0.4, 0.5) is 18.0 Å². The van der Waals surface area contributed by atoms with Crippen LogP contribution in [0.5, 0.6) is 5.75 Å². The van der Waals surface area contributed by atoms with Gasteiger partial charge in [-0.3, -0.25) is 0 Å². The fourth-order valence-corrected chi connectivity index (χ4v) is 2.85. The molecule has 2 rings (SSSR count). The molecular formula is C20H19F3N2O3. The van der Waals surface area contributed by atoms with Crippen molar-refractivity contribution in [3.63, 3.8) is 0 Å². The summed E-state index contributed by atoms with van der Waals surface area (Å²) < 4.78 is 44.9. The predicted octanol–water partition coefficient (Wildman–Crippen LogP) is 4.95. The fraction of sp³-hybridized carbons (Fsp3) is 0.300. The number of carbonyl (C=O) groups is 1. The SMILES string of the molecule is CCN(Cc1cc(C(F)(F)F)ccc1-c1cc(CC#N)ccc1OC)C(=O)O. The summed E-state index contributed by atoms with van der Waals surface area (Å²) in [6.45, 7) is 1.52. The zero-order chi connectivity index (χ0) is 20.9. The minimum Gasteiger partial charge on any atom is -0.496 e. The summed E-state index contributed by atoms with van der Waals surface area (Å²) in [5.41, 5.74) is 0.936. The molecule has 2 aromatic rings. The molecule has 0 radical (unpaired) electrons. The number of hydrogen-bond acceptors (Lipinski definition) is 3. The number of nitrogens with zero attached hydrogens (tertiary/aromatic N) is 2. The molecule has 1 amide bonds. The van der Waals surface area contributed by atoms with E-state index in [2.05, 4.69) is 0 Å². The third-order valence-electron chi connectivity index (χ3n) is 4.28. The highest BCUT2D eigenvalue weighted by Crippen LogP contribution is 2.37. The molecule has 0 aliphatic rings. The molecular weight excluding hydrogens is 373 g/mol. The van der Waals surface area contributed by atoms with Crippen LogP contribution in [0.2, 0.25) is 0 Å². The van der Waals surface area contributed by atoms with Crippen LogP contribution in [0.15, 0.2) is 36.4 Å². The van der Waals surface area contributed by atoms with Crippen LogP contribution in [-0.4, -0.2) is 29.8 Å². The van der Waals surface area contributed by atoms with Crippen molar-refractivity contribution in [1.82, 2.24) is 4.90 Å². The maximum atomic E-state index is 13.2. The summed E-state index contributed by atoms with van der Waals surface area (Å²) in [6.07, 6.45) is -5.65. The van der Waals surface area contributed by atoms with Crippen molar-refractivity contribution in [2.24, 2.45) is 0 Å². The Balaban J connectivity index is 2.67. The van der Waals surface area contributed by atoms with Gasteiger partial charge in [-0.2, -0.15) is 18.4 Å². The lowest BCUT2D eigenvalue weighted by atomic mass is 9.94. The first-order chi connectivity index (χ1) is 13.2. The number of nitriles is 1. The summed E-state index contributed by atoms with van der Waals surface area (Å²) in [5.74, 6) is 0.418. The van der Waals surface area contributed by atoms with Crippen LogP contribution in [-0.2, 0) is 19.1 Å². The number of rotatable bonds is 6. The Kier molecular flexibility index (Phi) is 6.52. The summed E-state index contributed by atoms with van der Waals surface area (Å²) in [4.78, 5) is 12.4. The van der Waals surface area contributed by atoms with Crippen LogP contribution < -0.4 is 4.74 Å². The van der Waals surface area contributed by atoms with E-state index in [4.69, 9.17) is 10.00 Å². The molecule has 0 aromatic heterocycles. The molecule has 0 spiro atoms. The molecule has 0 atom stereocenters. The molecule has 2 aromatic carbocycles. The lowest BCUT2D eigenvalue weighted by molar-refractivity contribution is -0.137. The molecule has 0 aliphatic heterocycles. The Morgan fingerprint density at radius 1 is 1.21 bits per heavy atom. The van der Waals surface area contributed by atoms with Crippen molar-refractivity contribution in [2.75, 3.05) is 13.7 Å². The van der Waals surface area contributed by atoms with Gasteiger partial charge in [-0.1, -0.05) is 12.1 Å². The molecule has 0 unspecified atom stereocenters. The number of benzene rings is 2. The van der Waals surface area contributed by atoms with Crippen molar-refractivity contribution in [3.8, 4) is 22.9 Å². The Labute approximate surface area is 160 Å². The average molecular weight is 392 g/mol. The van der Waals surface area contributed by atoms with Crippen LogP contribution >= 0.6 is 0 Å². The van der Waals surface area contributed by atoms with Gasteiger partial charge in [0.1, 0.15) is 5.75 Å². The molecule has 0 aliphatic carbocycles. The normalized spacial score (nSPS) is 11.0. The average Bonchev–Trinajstić information content (AvgIpc) is 2.65. The van der Waals surface area contributed by atoms with Crippen molar-refractivity contribution >= 4 is 6.09 Å². The van der Waals surface area contributed by atoms with Gasteiger partial charge in [0.15, 0.2) is 0 Å². The van der Waals surface area contributed by atoms with Crippen LogP contribution in [0.3, 0.4) is 0 Å². The summed E-state index contributed by atoms with van der Waals surface area (Å²) >= 11 is 0. The highest BCUT2D eigenvalue weighted by atomic mass is 19.4. The van der Waals surface area contributed by atoms with Gasteiger partial charge in [0.05, 0.1) is 25.2 Å². The van der Waals surface area contributed by atoms with Gasteiger partial charge in [-0.25, -0.2) is 4.79 Å². The Morgan fingerprint density at radius 2 is 1.93 bits per heavy atom. The van der Waals surface area contributed by atoms with E-state index < -0.39 is 17.8 Å². The third-order valence-corrected chi connectivity index (χ3v) is 4.28. The standard InChI is InChI=1S/C20H19F3N2O3/c1-3-25(19(26)27)12-14-11-15(20(21,22)23)5-6-16(14)17-10-13(8-9-24)4-7-18(17)28-2/h4-7,10-11H,3,8,12H2,1-2H3,(H,26,27). The van der Waals surface area contributed by atoms with Crippen molar-refractivity contribution < 1.29 is 27.8 Å². The largest absolute Gasteiger partial charge is 0.496 e. The zero-order valence-electron chi connectivity index (χ0n) is 15.4. The quantitative estimate of drug-likeness (QED) is 0.755. The van der Waals surface area contributed by atoms with Crippen LogP contribution in [0.25, 0.3) is 11.1 Å². The van der Waals surface area contributed by atoms with E-state index >= 15 is 0 Å². The summed E-state index contributed by atoms with van der Waals surface area (Å²) in [7, 11) is 1.43. The van der Waals surface area contributed by atoms with E-state index in [9.17, 15) is 23.1 Å². The first-order valence-corrected chi connectivity index (χ1v) is 8.43. The maximum Gasteiger partial charge on any atom is 0.416 e. The van der Waals surface area contributed by atoms with E-state index in [1.54, 1.807) is 25.1 Å². The van der Waals surface area contributed by atoms with E-state index in [1.807, 2.05) is 6.07 Å². The van der Waals surface area contributed by atoms with Crippen LogP contribution in [0, 0.1) is 11.3 Å². The van der Waals surface area contributed by atoms with Gasteiger partial charge in [0.25, 0.3) is 0 Å². The number of amides is 1. The van der Waals surface area contributed by atoms with Gasteiger partial charge >= 0.3 is 12.3 Å². The fourth-order valence-electron chi connectivity index (χ4n) is 2.85. The van der Waals surface area contributed by atoms with E-state index in [0.29, 0.717) is 22.4 Å². The molecule has 1 N–H and O–H groups in total. The smallest absolute Gasteiger partial charge is 0.416 e. The molecule has 0 saturated carbocycles. The number of halogens is 3. The highest BCUT2D eigenvalue weighted by Gasteiger charge is 2.31. The number of alkyl halides is 3. The highest BCUT2D eigenvalue weighted by molar-refractivity contribution is 5.75. The first kappa shape index (κ1) is 21.1. The lowest BCUT2D eigenvalue weighted by Gasteiger charge is -2.21. The molecule has 0 fully saturated rings. The van der Waals surface area contributed by atoms with Gasteiger partial charge in [-0.15, -0.1) is 0 Å². The van der Waals surface area contributed by atoms with Gasteiger partial charge < -0.3 is 14.7 Å². The molecule has 28 heavy (non-hydrogen) atoms. The van der Waals surface area contributed by atoms with Gasteiger partial charge in [0, 0.05) is 18.7 Å². The number of carboxylic acid groups (broad SMARTS) is 1.